The zero-order chi connectivity index (χ0) is 15.7. The molecule has 3 rings (SSSR count). The lowest BCUT2D eigenvalue weighted by Gasteiger charge is -2.27. The fraction of sp³-hybridized carbons (Fsp3) is 0.133. The molecule has 114 valence electrons. The first-order valence-corrected chi connectivity index (χ1v) is 6.35. The zero-order valence-electron chi connectivity index (χ0n) is 11.1. The molecule has 0 radical (unpaired) electrons. The lowest BCUT2D eigenvalue weighted by molar-refractivity contribution is -0.274. The Hall–Kier alpha value is -2.70. The van der Waals surface area contributed by atoms with E-state index in [1.807, 2.05) is 0 Å². The molecule has 0 aliphatic carbocycles. The maximum absolute atomic E-state index is 12.1. The quantitative estimate of drug-likeness (QED) is 0.925. The largest absolute Gasteiger partial charge is 0.573 e. The minimum absolute atomic E-state index is 0.303. The summed E-state index contributed by atoms with van der Waals surface area (Å²) < 4.78 is 45.8. The first-order chi connectivity index (χ1) is 10.4. The molecular formula is C15H10F3NO3. The van der Waals surface area contributed by atoms with Crippen LogP contribution in [-0.4, -0.2) is 12.3 Å². The standard InChI is InChI=1S/C15H10F3NO3/c16-15(17,18)22-10-7-5-9(6-8-10)14-19-13(20)11-3-1-2-4-12(11)21-14/h1-8,14H,(H,19,20)/t14-/m1/s1. The van der Waals surface area contributed by atoms with E-state index >= 15 is 0 Å². The number of halogens is 3. The Morgan fingerprint density at radius 2 is 1.73 bits per heavy atom. The maximum atomic E-state index is 12.1. The van der Waals surface area contributed by atoms with E-state index < -0.39 is 12.6 Å². The van der Waals surface area contributed by atoms with Gasteiger partial charge in [0, 0.05) is 5.56 Å². The normalized spacial score (nSPS) is 17.2. The number of hydrogen-bond donors (Lipinski definition) is 1. The van der Waals surface area contributed by atoms with Gasteiger partial charge in [0.05, 0.1) is 5.56 Å². The van der Waals surface area contributed by atoms with E-state index in [4.69, 9.17) is 4.74 Å². The molecule has 1 N–H and O–H groups in total. The summed E-state index contributed by atoms with van der Waals surface area (Å²) >= 11 is 0. The van der Waals surface area contributed by atoms with Crippen LogP contribution < -0.4 is 14.8 Å². The summed E-state index contributed by atoms with van der Waals surface area (Å²) in [4.78, 5) is 12.0. The number of nitrogens with one attached hydrogen (secondary N) is 1. The molecule has 2 aromatic carbocycles. The van der Waals surface area contributed by atoms with Crippen LogP contribution >= 0.6 is 0 Å². The Morgan fingerprint density at radius 3 is 2.41 bits per heavy atom. The SMILES string of the molecule is O=C1N[C@@H](c2ccc(OC(F)(F)F)cc2)Oc2ccccc21. The molecular weight excluding hydrogens is 299 g/mol. The molecule has 1 aliphatic heterocycles. The van der Waals surface area contributed by atoms with Crippen LogP contribution in [0.4, 0.5) is 13.2 Å². The first kappa shape index (κ1) is 14.2. The van der Waals surface area contributed by atoms with E-state index in [0.717, 1.165) is 0 Å². The van der Waals surface area contributed by atoms with Gasteiger partial charge in [-0.1, -0.05) is 12.1 Å². The van der Waals surface area contributed by atoms with Crippen LogP contribution in [0.5, 0.6) is 11.5 Å². The Balaban J connectivity index is 1.80. The van der Waals surface area contributed by atoms with Gasteiger partial charge < -0.3 is 14.8 Å². The number of rotatable bonds is 2. The van der Waals surface area contributed by atoms with Crippen molar-refractivity contribution < 1.29 is 27.4 Å². The number of carbonyl (C=O) groups is 1. The van der Waals surface area contributed by atoms with E-state index in [2.05, 4.69) is 10.1 Å². The average molecular weight is 309 g/mol. The van der Waals surface area contributed by atoms with Crippen molar-refractivity contribution in [3.8, 4) is 11.5 Å². The molecule has 1 heterocycles. The van der Waals surface area contributed by atoms with Gasteiger partial charge in [-0.15, -0.1) is 13.2 Å². The molecule has 0 spiro atoms. The Morgan fingerprint density at radius 1 is 1.05 bits per heavy atom. The molecule has 1 aliphatic rings. The van der Waals surface area contributed by atoms with Crippen molar-refractivity contribution in [2.45, 2.75) is 12.6 Å². The highest BCUT2D eigenvalue weighted by molar-refractivity contribution is 5.97. The number of hydrogen-bond acceptors (Lipinski definition) is 3. The highest BCUT2D eigenvalue weighted by Crippen LogP contribution is 2.30. The van der Waals surface area contributed by atoms with Crippen molar-refractivity contribution >= 4 is 5.91 Å². The van der Waals surface area contributed by atoms with Gasteiger partial charge in [-0.05, 0) is 36.4 Å². The summed E-state index contributed by atoms with van der Waals surface area (Å²) in [5, 5.41) is 2.63. The van der Waals surface area contributed by atoms with Gasteiger partial charge in [0.15, 0.2) is 6.23 Å². The van der Waals surface area contributed by atoms with Gasteiger partial charge in [-0.25, -0.2) is 0 Å². The van der Waals surface area contributed by atoms with Gasteiger partial charge in [-0.2, -0.15) is 0 Å². The van der Waals surface area contributed by atoms with E-state index in [-0.39, 0.29) is 11.7 Å². The van der Waals surface area contributed by atoms with Crippen molar-refractivity contribution in [1.82, 2.24) is 5.32 Å². The Bertz CT molecular complexity index is 698. The lowest BCUT2D eigenvalue weighted by atomic mass is 10.1. The summed E-state index contributed by atoms with van der Waals surface area (Å²) in [5.74, 6) is -0.215. The van der Waals surface area contributed by atoms with Crippen LogP contribution in [0.3, 0.4) is 0 Å². The minimum atomic E-state index is -4.74. The van der Waals surface area contributed by atoms with Crippen LogP contribution in [-0.2, 0) is 0 Å². The molecule has 1 atom stereocenters. The van der Waals surface area contributed by atoms with E-state index in [9.17, 15) is 18.0 Å². The van der Waals surface area contributed by atoms with Gasteiger partial charge in [-0.3, -0.25) is 4.79 Å². The van der Waals surface area contributed by atoms with Gasteiger partial charge in [0.25, 0.3) is 5.91 Å². The maximum Gasteiger partial charge on any atom is 0.573 e. The zero-order valence-corrected chi connectivity index (χ0v) is 11.1. The summed E-state index contributed by atoms with van der Waals surface area (Å²) in [5.41, 5.74) is 0.924. The molecule has 22 heavy (non-hydrogen) atoms. The lowest BCUT2D eigenvalue weighted by Crippen LogP contribution is -2.36. The summed E-state index contributed by atoms with van der Waals surface area (Å²) in [6.45, 7) is 0. The number of benzene rings is 2. The highest BCUT2D eigenvalue weighted by Gasteiger charge is 2.31. The van der Waals surface area contributed by atoms with Crippen molar-refractivity contribution in [3.05, 3.63) is 59.7 Å². The molecule has 0 fully saturated rings. The van der Waals surface area contributed by atoms with Crippen molar-refractivity contribution in [2.75, 3.05) is 0 Å². The van der Waals surface area contributed by atoms with Crippen LogP contribution in [0.1, 0.15) is 22.1 Å². The van der Waals surface area contributed by atoms with Crippen molar-refractivity contribution in [3.63, 3.8) is 0 Å². The van der Waals surface area contributed by atoms with Crippen LogP contribution in [0.15, 0.2) is 48.5 Å². The Kier molecular flexibility index (Phi) is 3.40. The third kappa shape index (κ3) is 2.98. The number of para-hydroxylation sites is 1. The summed E-state index contributed by atoms with van der Waals surface area (Å²) in [6.07, 6.45) is -5.50. The van der Waals surface area contributed by atoms with Crippen LogP contribution in [0.2, 0.25) is 0 Å². The third-order valence-corrected chi connectivity index (χ3v) is 3.06. The second-order valence-corrected chi connectivity index (χ2v) is 4.58. The third-order valence-electron chi connectivity index (χ3n) is 3.06. The molecule has 7 heteroatoms. The smallest absolute Gasteiger partial charge is 0.466 e. The van der Waals surface area contributed by atoms with Crippen LogP contribution in [0, 0.1) is 0 Å². The van der Waals surface area contributed by atoms with Gasteiger partial charge in [0.1, 0.15) is 11.5 Å². The predicted octanol–water partition coefficient (Wildman–Crippen LogP) is 3.41. The van der Waals surface area contributed by atoms with E-state index in [1.165, 1.54) is 24.3 Å². The molecule has 2 aromatic rings. The molecule has 0 saturated heterocycles. The Labute approximate surface area is 123 Å². The van der Waals surface area contributed by atoms with E-state index in [1.54, 1.807) is 24.3 Å². The molecule has 1 amide bonds. The molecule has 4 nitrogen and oxygen atoms in total. The van der Waals surface area contributed by atoms with Gasteiger partial charge >= 0.3 is 6.36 Å². The average Bonchev–Trinajstić information content (AvgIpc) is 2.46. The summed E-state index contributed by atoms with van der Waals surface area (Å²) in [6, 6.07) is 11.9. The molecule has 0 aromatic heterocycles. The summed E-state index contributed by atoms with van der Waals surface area (Å²) in [7, 11) is 0. The first-order valence-electron chi connectivity index (χ1n) is 6.35. The minimum Gasteiger partial charge on any atom is -0.466 e. The van der Waals surface area contributed by atoms with Gasteiger partial charge in [0.2, 0.25) is 0 Å². The second kappa shape index (κ2) is 5.25. The number of ether oxygens (including phenoxy) is 2. The fourth-order valence-corrected chi connectivity index (χ4v) is 2.11. The monoisotopic (exact) mass is 309 g/mol. The second-order valence-electron chi connectivity index (χ2n) is 4.58. The van der Waals surface area contributed by atoms with Crippen LogP contribution in [0.25, 0.3) is 0 Å². The fourth-order valence-electron chi connectivity index (χ4n) is 2.11. The number of alkyl halides is 3. The topological polar surface area (TPSA) is 47.6 Å². The predicted molar refractivity (Wildman–Crippen MR) is 70.4 cm³/mol. The molecule has 0 saturated carbocycles. The van der Waals surface area contributed by atoms with Crippen molar-refractivity contribution in [1.29, 1.82) is 0 Å². The molecule has 0 unspecified atom stereocenters. The highest BCUT2D eigenvalue weighted by atomic mass is 19.4. The van der Waals surface area contributed by atoms with E-state index in [0.29, 0.717) is 16.9 Å². The number of amides is 1. The number of fused-ring (bicyclic) bond motifs is 1. The van der Waals surface area contributed by atoms with Crippen molar-refractivity contribution in [2.24, 2.45) is 0 Å². The number of carbonyl (C=O) groups excluding carboxylic acids is 1. The molecule has 0 bridgehead atoms.